The molecule has 3 aromatic heterocycles. The van der Waals surface area contributed by atoms with Crippen LogP contribution in [0.25, 0.3) is 16.6 Å². The standard InChI is InChI=1S/C18H17N5O3/c1-2-15-20-14-8-4-3-7-13(14)17-21-22(18(25)23(15)17)11-16(24)19-10-12-6-5-9-26-12/h3-9H,2,10-11H2,1H3,(H,19,24). The number of fused-ring (bicyclic) bond motifs is 3. The number of hydrogen-bond acceptors (Lipinski definition) is 5. The van der Waals surface area contributed by atoms with E-state index in [1.165, 1.54) is 9.08 Å². The molecule has 4 rings (SSSR count). The lowest BCUT2D eigenvalue weighted by molar-refractivity contribution is -0.122. The predicted octanol–water partition coefficient (Wildman–Crippen LogP) is 1.52. The first-order valence-electron chi connectivity index (χ1n) is 8.33. The van der Waals surface area contributed by atoms with Gasteiger partial charge in [-0.25, -0.2) is 18.9 Å². The van der Waals surface area contributed by atoms with Gasteiger partial charge < -0.3 is 9.73 Å². The molecule has 0 unspecified atom stereocenters. The molecule has 3 heterocycles. The molecule has 8 nitrogen and oxygen atoms in total. The second-order valence-corrected chi connectivity index (χ2v) is 5.85. The van der Waals surface area contributed by atoms with E-state index >= 15 is 0 Å². The Morgan fingerprint density at radius 2 is 2.08 bits per heavy atom. The minimum atomic E-state index is -0.372. The lowest BCUT2D eigenvalue weighted by Crippen LogP contribution is -2.32. The van der Waals surface area contributed by atoms with E-state index < -0.39 is 0 Å². The summed E-state index contributed by atoms with van der Waals surface area (Å²) in [6, 6.07) is 11.0. The highest BCUT2D eigenvalue weighted by Crippen LogP contribution is 2.17. The van der Waals surface area contributed by atoms with E-state index in [1.54, 1.807) is 18.4 Å². The zero-order chi connectivity index (χ0) is 18.1. The van der Waals surface area contributed by atoms with E-state index in [4.69, 9.17) is 4.42 Å². The zero-order valence-electron chi connectivity index (χ0n) is 14.2. The number of amides is 1. The number of aryl methyl sites for hydroxylation is 1. The van der Waals surface area contributed by atoms with Gasteiger partial charge >= 0.3 is 5.69 Å². The molecule has 0 aliphatic carbocycles. The third kappa shape index (κ3) is 2.75. The van der Waals surface area contributed by atoms with Crippen LogP contribution in [0, 0.1) is 0 Å². The van der Waals surface area contributed by atoms with Crippen molar-refractivity contribution in [1.29, 1.82) is 0 Å². The Bertz CT molecular complexity index is 1140. The first-order chi connectivity index (χ1) is 12.7. The number of furan rings is 1. The van der Waals surface area contributed by atoms with E-state index in [0.29, 0.717) is 23.7 Å². The van der Waals surface area contributed by atoms with Crippen LogP contribution < -0.4 is 11.0 Å². The molecule has 1 amide bonds. The molecule has 0 aliphatic rings. The highest BCUT2D eigenvalue weighted by Gasteiger charge is 2.16. The van der Waals surface area contributed by atoms with Crippen molar-refractivity contribution in [3.8, 4) is 0 Å². The fourth-order valence-electron chi connectivity index (χ4n) is 2.90. The van der Waals surface area contributed by atoms with Gasteiger partial charge in [-0.1, -0.05) is 19.1 Å². The van der Waals surface area contributed by atoms with Crippen molar-refractivity contribution in [2.24, 2.45) is 0 Å². The molecule has 0 saturated heterocycles. The van der Waals surface area contributed by atoms with E-state index in [-0.39, 0.29) is 24.7 Å². The second kappa shape index (κ2) is 6.47. The van der Waals surface area contributed by atoms with Gasteiger partial charge in [0.2, 0.25) is 5.91 Å². The molecule has 0 radical (unpaired) electrons. The molecule has 0 bridgehead atoms. The van der Waals surface area contributed by atoms with Gasteiger partial charge in [0.25, 0.3) is 0 Å². The molecule has 0 aliphatic heterocycles. The number of carbonyl (C=O) groups excluding carboxylic acids is 1. The molecule has 4 aromatic rings. The minimum Gasteiger partial charge on any atom is -0.467 e. The Hall–Kier alpha value is -3.42. The maximum absolute atomic E-state index is 12.7. The first-order valence-corrected chi connectivity index (χ1v) is 8.33. The van der Waals surface area contributed by atoms with Crippen LogP contribution in [-0.4, -0.2) is 25.1 Å². The Morgan fingerprint density at radius 3 is 2.85 bits per heavy atom. The van der Waals surface area contributed by atoms with Crippen LogP contribution in [0.4, 0.5) is 0 Å². The normalized spacial score (nSPS) is 11.3. The number of benzene rings is 1. The van der Waals surface area contributed by atoms with E-state index in [1.807, 2.05) is 31.2 Å². The summed E-state index contributed by atoms with van der Waals surface area (Å²) in [6.07, 6.45) is 2.12. The van der Waals surface area contributed by atoms with Gasteiger partial charge in [-0.05, 0) is 24.3 Å². The van der Waals surface area contributed by atoms with Crippen LogP contribution in [0.15, 0.2) is 51.9 Å². The summed E-state index contributed by atoms with van der Waals surface area (Å²) in [4.78, 5) is 29.5. The topological polar surface area (TPSA) is 94.4 Å². The summed E-state index contributed by atoms with van der Waals surface area (Å²) >= 11 is 0. The number of para-hydroxylation sites is 1. The maximum Gasteiger partial charge on any atom is 0.352 e. The van der Waals surface area contributed by atoms with Crippen LogP contribution in [-0.2, 0) is 24.3 Å². The van der Waals surface area contributed by atoms with Crippen LogP contribution in [0.2, 0.25) is 0 Å². The number of hydrogen-bond donors (Lipinski definition) is 1. The summed E-state index contributed by atoms with van der Waals surface area (Å²) in [5.41, 5.74) is 0.913. The third-order valence-electron chi connectivity index (χ3n) is 4.14. The monoisotopic (exact) mass is 351 g/mol. The maximum atomic E-state index is 12.7. The molecular weight excluding hydrogens is 334 g/mol. The summed E-state index contributed by atoms with van der Waals surface area (Å²) in [6.45, 7) is 2.02. The van der Waals surface area contributed by atoms with Crippen molar-refractivity contribution < 1.29 is 9.21 Å². The quantitative estimate of drug-likeness (QED) is 0.588. The van der Waals surface area contributed by atoms with Gasteiger partial charge in [-0.15, -0.1) is 5.10 Å². The average molecular weight is 351 g/mol. The summed E-state index contributed by atoms with van der Waals surface area (Å²) in [7, 11) is 0. The lowest BCUT2D eigenvalue weighted by Gasteiger charge is -2.03. The van der Waals surface area contributed by atoms with Crippen LogP contribution in [0.3, 0.4) is 0 Å². The number of rotatable bonds is 5. The highest BCUT2D eigenvalue weighted by molar-refractivity contribution is 5.91. The van der Waals surface area contributed by atoms with E-state index in [0.717, 1.165) is 10.9 Å². The summed E-state index contributed by atoms with van der Waals surface area (Å²) in [5, 5.41) is 7.87. The van der Waals surface area contributed by atoms with Gasteiger partial charge in [0, 0.05) is 11.8 Å². The van der Waals surface area contributed by atoms with Gasteiger partial charge in [0.1, 0.15) is 18.1 Å². The largest absolute Gasteiger partial charge is 0.467 e. The van der Waals surface area contributed by atoms with Crippen molar-refractivity contribution in [2.45, 2.75) is 26.4 Å². The smallest absolute Gasteiger partial charge is 0.352 e. The molecule has 0 spiro atoms. The van der Waals surface area contributed by atoms with Crippen molar-refractivity contribution in [2.75, 3.05) is 0 Å². The first kappa shape index (κ1) is 16.1. The van der Waals surface area contributed by atoms with Crippen molar-refractivity contribution in [3.63, 3.8) is 0 Å². The van der Waals surface area contributed by atoms with Crippen molar-refractivity contribution in [3.05, 3.63) is 64.7 Å². The van der Waals surface area contributed by atoms with Gasteiger partial charge in [0.15, 0.2) is 5.65 Å². The minimum absolute atomic E-state index is 0.168. The van der Waals surface area contributed by atoms with Crippen LogP contribution in [0.5, 0.6) is 0 Å². The molecule has 0 fully saturated rings. The number of nitrogens with one attached hydrogen (secondary N) is 1. The number of carbonyl (C=O) groups is 1. The lowest BCUT2D eigenvalue weighted by atomic mass is 10.2. The Kier molecular flexibility index (Phi) is 4.00. The Labute approximate surface area is 148 Å². The highest BCUT2D eigenvalue weighted by atomic mass is 16.3. The molecule has 26 heavy (non-hydrogen) atoms. The molecule has 132 valence electrons. The second-order valence-electron chi connectivity index (χ2n) is 5.85. The SMILES string of the molecule is CCc1nc2ccccc2c2nn(CC(=O)NCc3ccco3)c(=O)n12. The van der Waals surface area contributed by atoms with Crippen LogP contribution >= 0.6 is 0 Å². The molecule has 1 aromatic carbocycles. The van der Waals surface area contributed by atoms with Crippen LogP contribution in [0.1, 0.15) is 18.5 Å². The van der Waals surface area contributed by atoms with Gasteiger partial charge in [0.05, 0.1) is 18.3 Å². The molecular formula is C18H17N5O3. The summed E-state index contributed by atoms with van der Waals surface area (Å²) < 4.78 is 7.81. The van der Waals surface area contributed by atoms with Gasteiger partial charge in [-0.3, -0.25) is 4.79 Å². The average Bonchev–Trinajstić information content (AvgIpc) is 3.28. The summed E-state index contributed by atoms with van der Waals surface area (Å²) in [5.74, 6) is 0.942. The fourth-order valence-corrected chi connectivity index (χ4v) is 2.90. The molecule has 0 saturated carbocycles. The molecule has 1 N–H and O–H groups in total. The predicted molar refractivity (Wildman–Crippen MR) is 94.7 cm³/mol. The van der Waals surface area contributed by atoms with Crippen molar-refractivity contribution >= 4 is 22.5 Å². The number of nitrogens with zero attached hydrogens (tertiary/aromatic N) is 4. The molecule has 0 atom stereocenters. The third-order valence-corrected chi connectivity index (χ3v) is 4.14. The Balaban J connectivity index is 1.69. The van der Waals surface area contributed by atoms with E-state index in [9.17, 15) is 9.59 Å². The molecule has 8 heteroatoms. The number of aromatic nitrogens is 4. The zero-order valence-corrected chi connectivity index (χ0v) is 14.2. The van der Waals surface area contributed by atoms with E-state index in [2.05, 4.69) is 15.4 Å². The van der Waals surface area contributed by atoms with Gasteiger partial charge in [-0.2, -0.15) is 0 Å². The fraction of sp³-hybridized carbons (Fsp3) is 0.222. The van der Waals surface area contributed by atoms with Crippen molar-refractivity contribution in [1.82, 2.24) is 24.5 Å². The Morgan fingerprint density at radius 1 is 1.23 bits per heavy atom.